The third-order valence-electron chi connectivity index (χ3n) is 3.58. The number of hydrogen-bond donors (Lipinski definition) is 1. The molecule has 0 fully saturated rings. The van der Waals surface area contributed by atoms with Crippen LogP contribution in [0.5, 0.6) is 0 Å². The van der Waals surface area contributed by atoms with E-state index < -0.39 is 0 Å². The van der Waals surface area contributed by atoms with Gasteiger partial charge < -0.3 is 5.32 Å². The Morgan fingerprint density at radius 1 is 1.20 bits per heavy atom. The molecule has 3 nitrogen and oxygen atoms in total. The Bertz CT molecular complexity index is 557. The molecule has 0 aliphatic carbocycles. The van der Waals surface area contributed by atoms with E-state index in [9.17, 15) is 0 Å². The first-order valence-corrected chi connectivity index (χ1v) is 7.39. The fourth-order valence-corrected chi connectivity index (χ4v) is 2.48. The SMILES string of the molecule is CCCNC(Cn1cc(C)cn1)c1cc(C)ccc1C. The maximum absolute atomic E-state index is 4.42. The summed E-state index contributed by atoms with van der Waals surface area (Å²) in [5, 5.41) is 8.07. The Hall–Kier alpha value is -1.61. The van der Waals surface area contributed by atoms with Crippen molar-refractivity contribution in [3.05, 3.63) is 52.8 Å². The first kappa shape index (κ1) is 14.8. The maximum atomic E-state index is 4.42. The van der Waals surface area contributed by atoms with E-state index in [1.165, 1.54) is 22.3 Å². The van der Waals surface area contributed by atoms with Crippen molar-refractivity contribution >= 4 is 0 Å². The van der Waals surface area contributed by atoms with Crippen molar-refractivity contribution in [2.45, 2.75) is 46.7 Å². The lowest BCUT2D eigenvalue weighted by Crippen LogP contribution is -2.27. The van der Waals surface area contributed by atoms with Crippen LogP contribution in [0.25, 0.3) is 0 Å². The molecule has 108 valence electrons. The van der Waals surface area contributed by atoms with Crippen LogP contribution in [-0.4, -0.2) is 16.3 Å². The minimum atomic E-state index is 0.314. The minimum absolute atomic E-state index is 0.314. The van der Waals surface area contributed by atoms with Crippen molar-refractivity contribution < 1.29 is 0 Å². The van der Waals surface area contributed by atoms with Crippen LogP contribution < -0.4 is 5.32 Å². The largest absolute Gasteiger partial charge is 0.308 e. The van der Waals surface area contributed by atoms with Gasteiger partial charge in [0, 0.05) is 6.20 Å². The van der Waals surface area contributed by atoms with Gasteiger partial charge in [0.2, 0.25) is 0 Å². The lowest BCUT2D eigenvalue weighted by molar-refractivity contribution is 0.437. The Labute approximate surface area is 122 Å². The molecular formula is C17H25N3. The highest BCUT2D eigenvalue weighted by molar-refractivity contribution is 5.33. The lowest BCUT2D eigenvalue weighted by Gasteiger charge is -2.21. The maximum Gasteiger partial charge on any atom is 0.0604 e. The van der Waals surface area contributed by atoms with Gasteiger partial charge in [-0.1, -0.05) is 30.7 Å². The second-order valence-corrected chi connectivity index (χ2v) is 5.61. The highest BCUT2D eigenvalue weighted by Gasteiger charge is 2.14. The molecule has 3 heteroatoms. The molecule has 0 spiro atoms. The van der Waals surface area contributed by atoms with Crippen molar-refractivity contribution in [1.82, 2.24) is 15.1 Å². The summed E-state index contributed by atoms with van der Waals surface area (Å²) in [4.78, 5) is 0. The molecule has 0 aliphatic rings. The minimum Gasteiger partial charge on any atom is -0.308 e. The van der Waals surface area contributed by atoms with Gasteiger partial charge in [-0.2, -0.15) is 5.10 Å². The van der Waals surface area contributed by atoms with Gasteiger partial charge in [-0.3, -0.25) is 4.68 Å². The molecule has 0 bridgehead atoms. The molecule has 0 saturated carbocycles. The van der Waals surface area contributed by atoms with Crippen LogP contribution in [-0.2, 0) is 6.54 Å². The molecule has 1 aromatic carbocycles. The van der Waals surface area contributed by atoms with Gasteiger partial charge >= 0.3 is 0 Å². The number of benzene rings is 1. The predicted octanol–water partition coefficient (Wildman–Crippen LogP) is 3.55. The summed E-state index contributed by atoms with van der Waals surface area (Å²) in [7, 11) is 0. The molecule has 0 saturated heterocycles. The number of nitrogens with one attached hydrogen (secondary N) is 1. The van der Waals surface area contributed by atoms with E-state index in [4.69, 9.17) is 0 Å². The van der Waals surface area contributed by atoms with Crippen LogP contribution in [0, 0.1) is 20.8 Å². The summed E-state index contributed by atoms with van der Waals surface area (Å²) >= 11 is 0. The third kappa shape index (κ3) is 3.70. The fraction of sp³-hybridized carbons (Fsp3) is 0.471. The monoisotopic (exact) mass is 271 g/mol. The van der Waals surface area contributed by atoms with Crippen molar-refractivity contribution in [2.24, 2.45) is 0 Å². The third-order valence-corrected chi connectivity index (χ3v) is 3.58. The zero-order chi connectivity index (χ0) is 14.5. The predicted molar refractivity (Wildman–Crippen MR) is 83.9 cm³/mol. The van der Waals surface area contributed by atoms with Crippen LogP contribution in [0.15, 0.2) is 30.6 Å². The summed E-state index contributed by atoms with van der Waals surface area (Å²) in [5.74, 6) is 0. The molecule has 20 heavy (non-hydrogen) atoms. The average molecular weight is 271 g/mol. The van der Waals surface area contributed by atoms with Gasteiger partial charge in [0.1, 0.15) is 0 Å². The van der Waals surface area contributed by atoms with Crippen LogP contribution in [0.3, 0.4) is 0 Å². The molecule has 1 atom stereocenters. The number of aromatic nitrogens is 2. The molecule has 1 aromatic heterocycles. The highest BCUT2D eigenvalue weighted by Crippen LogP contribution is 2.21. The van der Waals surface area contributed by atoms with Gasteiger partial charge in [-0.15, -0.1) is 0 Å². The topological polar surface area (TPSA) is 29.9 Å². The molecule has 1 N–H and O–H groups in total. The van der Waals surface area contributed by atoms with Gasteiger partial charge in [0.05, 0.1) is 18.8 Å². The van der Waals surface area contributed by atoms with Crippen molar-refractivity contribution in [1.29, 1.82) is 0 Å². The summed E-state index contributed by atoms with van der Waals surface area (Å²) in [6, 6.07) is 6.99. The van der Waals surface area contributed by atoms with Gasteiger partial charge in [-0.05, 0) is 50.4 Å². The molecule has 1 unspecified atom stereocenters. The van der Waals surface area contributed by atoms with Crippen LogP contribution in [0.2, 0.25) is 0 Å². The normalized spacial score (nSPS) is 12.6. The Balaban J connectivity index is 2.24. The first-order chi connectivity index (χ1) is 9.60. The first-order valence-electron chi connectivity index (χ1n) is 7.39. The average Bonchev–Trinajstić information content (AvgIpc) is 2.83. The zero-order valence-electron chi connectivity index (χ0n) is 13.0. The van der Waals surface area contributed by atoms with E-state index in [-0.39, 0.29) is 0 Å². The number of nitrogens with zero attached hydrogens (tertiary/aromatic N) is 2. The standard InChI is InChI=1S/C17H25N3/c1-5-8-18-17(12-20-11-14(3)10-19-20)16-9-13(2)6-7-15(16)4/h6-7,9-11,17-18H,5,8,12H2,1-4H3. The van der Waals surface area contributed by atoms with Gasteiger partial charge in [-0.25, -0.2) is 0 Å². The van der Waals surface area contributed by atoms with Crippen molar-refractivity contribution in [3.8, 4) is 0 Å². The van der Waals surface area contributed by atoms with E-state index in [0.717, 1.165) is 19.5 Å². The molecule has 0 radical (unpaired) electrons. The Morgan fingerprint density at radius 2 is 2.00 bits per heavy atom. The second kappa shape index (κ2) is 6.71. The summed E-state index contributed by atoms with van der Waals surface area (Å²) in [5.41, 5.74) is 5.24. The van der Waals surface area contributed by atoms with Crippen LogP contribution >= 0.6 is 0 Å². The summed E-state index contributed by atoms with van der Waals surface area (Å²) in [6.07, 6.45) is 5.16. The Kier molecular flexibility index (Phi) is 4.96. The number of rotatable bonds is 6. The molecule has 1 heterocycles. The highest BCUT2D eigenvalue weighted by atomic mass is 15.3. The quantitative estimate of drug-likeness (QED) is 0.870. The van der Waals surface area contributed by atoms with E-state index in [0.29, 0.717) is 6.04 Å². The van der Waals surface area contributed by atoms with Crippen LogP contribution in [0.4, 0.5) is 0 Å². The molecule has 0 amide bonds. The summed E-state index contributed by atoms with van der Waals surface area (Å²) in [6.45, 7) is 10.5. The van der Waals surface area contributed by atoms with Gasteiger partial charge in [0.25, 0.3) is 0 Å². The zero-order valence-corrected chi connectivity index (χ0v) is 13.0. The van der Waals surface area contributed by atoms with E-state index in [1.54, 1.807) is 0 Å². The molecule has 0 aliphatic heterocycles. The smallest absolute Gasteiger partial charge is 0.0604 e. The van der Waals surface area contributed by atoms with Crippen LogP contribution in [0.1, 0.15) is 41.6 Å². The lowest BCUT2D eigenvalue weighted by atomic mass is 9.98. The number of hydrogen-bond acceptors (Lipinski definition) is 2. The number of aryl methyl sites for hydroxylation is 3. The van der Waals surface area contributed by atoms with Crippen molar-refractivity contribution in [3.63, 3.8) is 0 Å². The fourth-order valence-electron chi connectivity index (χ4n) is 2.48. The molecule has 2 aromatic rings. The second-order valence-electron chi connectivity index (χ2n) is 5.61. The van der Waals surface area contributed by atoms with Gasteiger partial charge in [0.15, 0.2) is 0 Å². The molecule has 2 rings (SSSR count). The summed E-state index contributed by atoms with van der Waals surface area (Å²) < 4.78 is 2.03. The molecular weight excluding hydrogens is 246 g/mol. The Morgan fingerprint density at radius 3 is 2.65 bits per heavy atom. The van der Waals surface area contributed by atoms with Crippen molar-refractivity contribution in [2.75, 3.05) is 6.54 Å². The van der Waals surface area contributed by atoms with E-state index in [1.807, 2.05) is 10.9 Å². The van der Waals surface area contributed by atoms with E-state index in [2.05, 4.69) is 62.5 Å². The van der Waals surface area contributed by atoms with E-state index >= 15 is 0 Å².